The summed E-state index contributed by atoms with van der Waals surface area (Å²) in [4.78, 5) is 15.9. The van der Waals surface area contributed by atoms with Crippen LogP contribution in [-0.2, 0) is 9.47 Å². The fourth-order valence-electron chi connectivity index (χ4n) is 1.28. The lowest BCUT2D eigenvalue weighted by atomic mass is 10.2. The van der Waals surface area contributed by atoms with Gasteiger partial charge in [-0.25, -0.2) is 4.98 Å². The number of hydrogen-bond donors (Lipinski definition) is 0. The predicted octanol–water partition coefficient (Wildman–Crippen LogP) is 1.05. The number of ketones is 1. The molecule has 0 aromatic carbocycles. The van der Waals surface area contributed by atoms with Gasteiger partial charge in [-0.15, -0.1) is 11.3 Å². The highest BCUT2D eigenvalue weighted by Gasteiger charge is 2.25. The molecule has 2 rings (SSSR count). The molecule has 0 spiro atoms. The van der Waals surface area contributed by atoms with Crippen molar-refractivity contribution in [1.82, 2.24) is 4.98 Å². The van der Waals surface area contributed by atoms with E-state index in [0.717, 1.165) is 5.01 Å². The van der Waals surface area contributed by atoms with Crippen LogP contribution >= 0.6 is 11.3 Å². The molecule has 0 bridgehead atoms. The van der Waals surface area contributed by atoms with E-state index in [2.05, 4.69) is 4.98 Å². The van der Waals surface area contributed by atoms with Crippen LogP contribution in [0.1, 0.15) is 15.5 Å². The molecule has 2 heterocycles. The standard InChI is InChI=1S/C9H11NO3S/c1-6-10-7(5-14-6)9(11)8-4-12-2-3-13-8/h5,8H,2-4H2,1H3. The van der Waals surface area contributed by atoms with Gasteiger partial charge in [0.05, 0.1) is 24.8 Å². The Bertz CT molecular complexity index is 331. The summed E-state index contributed by atoms with van der Waals surface area (Å²) in [5.74, 6) is -0.0750. The van der Waals surface area contributed by atoms with Crippen molar-refractivity contribution in [2.24, 2.45) is 0 Å². The van der Waals surface area contributed by atoms with Crippen molar-refractivity contribution >= 4 is 17.1 Å². The Labute approximate surface area is 85.9 Å². The smallest absolute Gasteiger partial charge is 0.213 e. The molecule has 0 aliphatic carbocycles. The molecule has 0 saturated carbocycles. The van der Waals surface area contributed by atoms with Gasteiger partial charge in [0.1, 0.15) is 11.8 Å². The minimum Gasteiger partial charge on any atom is -0.376 e. The Hall–Kier alpha value is -0.780. The third kappa shape index (κ3) is 2.00. The quantitative estimate of drug-likeness (QED) is 0.689. The molecule has 1 aliphatic rings. The van der Waals surface area contributed by atoms with Gasteiger partial charge >= 0.3 is 0 Å². The Morgan fingerprint density at radius 3 is 3.07 bits per heavy atom. The normalized spacial score (nSPS) is 22.2. The average molecular weight is 213 g/mol. The molecule has 5 heteroatoms. The van der Waals surface area contributed by atoms with Crippen LogP contribution in [0.2, 0.25) is 0 Å². The third-order valence-electron chi connectivity index (χ3n) is 1.98. The van der Waals surface area contributed by atoms with Crippen LogP contribution in [0.4, 0.5) is 0 Å². The van der Waals surface area contributed by atoms with E-state index < -0.39 is 6.10 Å². The molecule has 0 amide bonds. The lowest BCUT2D eigenvalue weighted by molar-refractivity contribution is -0.0720. The lowest BCUT2D eigenvalue weighted by Gasteiger charge is -2.20. The minimum absolute atomic E-state index is 0.0750. The summed E-state index contributed by atoms with van der Waals surface area (Å²) in [7, 11) is 0. The molecule has 0 radical (unpaired) electrons. The van der Waals surface area contributed by atoms with Crippen LogP contribution in [0, 0.1) is 6.92 Å². The van der Waals surface area contributed by atoms with Crippen LogP contribution in [0.5, 0.6) is 0 Å². The summed E-state index contributed by atoms with van der Waals surface area (Å²) in [6.45, 7) is 3.27. The summed E-state index contributed by atoms with van der Waals surface area (Å²) in [6.07, 6.45) is -0.467. The molecule has 0 N–H and O–H groups in total. The Kier molecular flexibility index (Phi) is 2.90. The van der Waals surface area contributed by atoms with Gasteiger partial charge in [0.25, 0.3) is 0 Å². The van der Waals surface area contributed by atoms with Crippen LogP contribution < -0.4 is 0 Å². The van der Waals surface area contributed by atoms with Gasteiger partial charge in [0.15, 0.2) is 0 Å². The van der Waals surface area contributed by atoms with Crippen LogP contribution in [-0.4, -0.2) is 36.7 Å². The van der Waals surface area contributed by atoms with Gasteiger partial charge in [-0.05, 0) is 6.92 Å². The fourth-order valence-corrected chi connectivity index (χ4v) is 1.88. The highest BCUT2D eigenvalue weighted by atomic mass is 32.1. The summed E-state index contributed by atoms with van der Waals surface area (Å²) in [5.41, 5.74) is 0.489. The van der Waals surface area contributed by atoms with Crippen LogP contribution in [0.15, 0.2) is 5.38 Å². The van der Waals surface area contributed by atoms with E-state index in [0.29, 0.717) is 25.5 Å². The number of Topliss-reactive ketones (excluding diaryl/α,β-unsaturated/α-hetero) is 1. The molecule has 76 valence electrons. The molecular formula is C9H11NO3S. The molecule has 1 atom stereocenters. The van der Waals surface area contributed by atoms with Gasteiger partial charge in [0, 0.05) is 5.38 Å². The zero-order valence-electron chi connectivity index (χ0n) is 7.86. The molecule has 1 fully saturated rings. The number of carbonyl (C=O) groups is 1. The van der Waals surface area contributed by atoms with Gasteiger partial charge in [-0.1, -0.05) is 0 Å². The number of rotatable bonds is 2. The molecule has 4 nitrogen and oxygen atoms in total. The van der Waals surface area contributed by atoms with E-state index >= 15 is 0 Å². The second-order valence-corrected chi connectivity index (χ2v) is 4.11. The van der Waals surface area contributed by atoms with E-state index in [4.69, 9.17) is 9.47 Å². The maximum absolute atomic E-state index is 11.8. The van der Waals surface area contributed by atoms with E-state index in [9.17, 15) is 4.79 Å². The molecule has 1 aromatic heterocycles. The van der Waals surface area contributed by atoms with E-state index in [1.54, 1.807) is 5.38 Å². The Morgan fingerprint density at radius 1 is 1.64 bits per heavy atom. The first-order valence-electron chi connectivity index (χ1n) is 4.43. The van der Waals surface area contributed by atoms with Crippen molar-refractivity contribution < 1.29 is 14.3 Å². The van der Waals surface area contributed by atoms with E-state index in [1.807, 2.05) is 6.92 Å². The Balaban J connectivity index is 2.07. The first-order valence-corrected chi connectivity index (χ1v) is 5.31. The highest BCUT2D eigenvalue weighted by molar-refractivity contribution is 7.09. The summed E-state index contributed by atoms with van der Waals surface area (Å²) >= 11 is 1.47. The average Bonchev–Trinajstić information content (AvgIpc) is 2.65. The molecular weight excluding hydrogens is 202 g/mol. The number of carbonyl (C=O) groups excluding carboxylic acids is 1. The predicted molar refractivity (Wildman–Crippen MR) is 51.7 cm³/mol. The zero-order valence-corrected chi connectivity index (χ0v) is 8.67. The number of ether oxygens (including phenoxy) is 2. The third-order valence-corrected chi connectivity index (χ3v) is 2.75. The maximum Gasteiger partial charge on any atom is 0.213 e. The van der Waals surface area contributed by atoms with Crippen molar-refractivity contribution in [3.8, 4) is 0 Å². The number of nitrogens with zero attached hydrogens (tertiary/aromatic N) is 1. The van der Waals surface area contributed by atoms with E-state index in [1.165, 1.54) is 11.3 Å². The minimum atomic E-state index is -0.467. The van der Waals surface area contributed by atoms with Crippen molar-refractivity contribution in [3.05, 3.63) is 16.1 Å². The van der Waals surface area contributed by atoms with Gasteiger partial charge in [0.2, 0.25) is 5.78 Å². The largest absolute Gasteiger partial charge is 0.376 e. The maximum atomic E-state index is 11.8. The van der Waals surface area contributed by atoms with Gasteiger partial charge in [-0.3, -0.25) is 4.79 Å². The Morgan fingerprint density at radius 2 is 2.50 bits per heavy atom. The molecule has 14 heavy (non-hydrogen) atoms. The molecule has 1 aliphatic heterocycles. The van der Waals surface area contributed by atoms with Crippen molar-refractivity contribution in [1.29, 1.82) is 0 Å². The summed E-state index contributed by atoms with van der Waals surface area (Å²) in [5, 5.41) is 2.65. The van der Waals surface area contributed by atoms with Crippen molar-refractivity contribution in [3.63, 3.8) is 0 Å². The SMILES string of the molecule is Cc1nc(C(=O)C2COCCO2)cs1. The summed E-state index contributed by atoms with van der Waals surface area (Å²) in [6, 6.07) is 0. The second kappa shape index (κ2) is 4.16. The first-order chi connectivity index (χ1) is 6.77. The summed E-state index contributed by atoms with van der Waals surface area (Å²) < 4.78 is 10.5. The molecule has 1 aromatic rings. The number of aryl methyl sites for hydroxylation is 1. The van der Waals surface area contributed by atoms with Crippen molar-refractivity contribution in [2.45, 2.75) is 13.0 Å². The van der Waals surface area contributed by atoms with Gasteiger partial charge in [-0.2, -0.15) is 0 Å². The lowest BCUT2D eigenvalue weighted by Crippen LogP contribution is -2.35. The zero-order chi connectivity index (χ0) is 9.97. The number of thiazole rings is 1. The molecule has 1 saturated heterocycles. The van der Waals surface area contributed by atoms with Gasteiger partial charge < -0.3 is 9.47 Å². The van der Waals surface area contributed by atoms with Crippen LogP contribution in [0.3, 0.4) is 0 Å². The van der Waals surface area contributed by atoms with E-state index in [-0.39, 0.29) is 5.78 Å². The van der Waals surface area contributed by atoms with Crippen LogP contribution in [0.25, 0.3) is 0 Å². The number of aromatic nitrogens is 1. The first kappa shape index (κ1) is 9.76. The second-order valence-electron chi connectivity index (χ2n) is 3.05. The number of hydrogen-bond acceptors (Lipinski definition) is 5. The fraction of sp³-hybridized carbons (Fsp3) is 0.556. The topological polar surface area (TPSA) is 48.4 Å². The molecule has 1 unspecified atom stereocenters. The monoisotopic (exact) mass is 213 g/mol. The highest BCUT2D eigenvalue weighted by Crippen LogP contribution is 2.13. The van der Waals surface area contributed by atoms with Crippen molar-refractivity contribution in [2.75, 3.05) is 19.8 Å².